The fraction of sp³-hybridized carbons (Fsp3) is 0.600. The number of carboxylic acid groups (broad SMARTS) is 1. The van der Waals surface area contributed by atoms with E-state index >= 15 is 0 Å². The van der Waals surface area contributed by atoms with Crippen molar-refractivity contribution in [3.8, 4) is 0 Å². The van der Waals surface area contributed by atoms with Gasteiger partial charge in [0.15, 0.2) is 0 Å². The Hall–Kier alpha value is -1.73. The Morgan fingerprint density at radius 1 is 1.50 bits per heavy atom. The number of aliphatic carboxylic acids is 1. The van der Waals surface area contributed by atoms with Gasteiger partial charge in [0.25, 0.3) is 0 Å². The summed E-state index contributed by atoms with van der Waals surface area (Å²) in [5.74, 6) is -1.25. The van der Waals surface area contributed by atoms with Crippen molar-refractivity contribution in [3.05, 3.63) is 12.7 Å². The predicted molar refractivity (Wildman–Crippen MR) is 58.1 cm³/mol. The van der Waals surface area contributed by atoms with Crippen molar-refractivity contribution in [2.45, 2.75) is 25.6 Å². The highest BCUT2D eigenvalue weighted by Crippen LogP contribution is 2.21. The topological polar surface area (TPSA) is 69.6 Å². The molecular formula is C10H15F3N2O3. The van der Waals surface area contributed by atoms with Gasteiger partial charge in [-0.1, -0.05) is 6.08 Å². The van der Waals surface area contributed by atoms with Gasteiger partial charge in [0.05, 0.1) is 6.42 Å². The molecule has 2 N–H and O–H groups in total. The second-order valence-electron chi connectivity index (χ2n) is 3.73. The van der Waals surface area contributed by atoms with Crippen LogP contribution in [0.4, 0.5) is 18.0 Å². The molecule has 0 saturated carbocycles. The zero-order chi connectivity index (χ0) is 14.3. The second kappa shape index (κ2) is 6.87. The van der Waals surface area contributed by atoms with Crippen molar-refractivity contribution >= 4 is 12.0 Å². The monoisotopic (exact) mass is 268 g/mol. The summed E-state index contributed by atoms with van der Waals surface area (Å²) in [7, 11) is 0. The van der Waals surface area contributed by atoms with Gasteiger partial charge >= 0.3 is 18.2 Å². The maximum atomic E-state index is 12.0. The van der Waals surface area contributed by atoms with E-state index in [0.717, 1.165) is 4.90 Å². The Morgan fingerprint density at radius 3 is 2.44 bits per heavy atom. The molecule has 0 bridgehead atoms. The lowest BCUT2D eigenvalue weighted by Crippen LogP contribution is -2.46. The van der Waals surface area contributed by atoms with Crippen LogP contribution in [-0.4, -0.2) is 47.3 Å². The minimum absolute atomic E-state index is 0.0587. The minimum Gasteiger partial charge on any atom is -0.480 e. The molecule has 0 heterocycles. The molecule has 1 unspecified atom stereocenters. The Bertz CT molecular complexity index is 318. The van der Waals surface area contributed by atoms with E-state index in [1.54, 1.807) is 0 Å². The number of urea groups is 1. The van der Waals surface area contributed by atoms with Gasteiger partial charge < -0.3 is 15.3 Å². The lowest BCUT2D eigenvalue weighted by atomic mass is 10.2. The molecule has 104 valence electrons. The van der Waals surface area contributed by atoms with Crippen LogP contribution in [0.1, 0.15) is 13.3 Å². The number of hydrogen-bond donors (Lipinski definition) is 2. The Morgan fingerprint density at radius 2 is 2.06 bits per heavy atom. The summed E-state index contributed by atoms with van der Waals surface area (Å²) in [5.41, 5.74) is 0. The van der Waals surface area contributed by atoms with Crippen LogP contribution in [0.3, 0.4) is 0 Å². The molecule has 0 aromatic carbocycles. The maximum Gasteiger partial charge on any atom is 0.391 e. The third-order valence-electron chi connectivity index (χ3n) is 1.87. The molecule has 0 radical (unpaired) electrons. The fourth-order valence-electron chi connectivity index (χ4n) is 1.24. The number of halogens is 3. The lowest BCUT2D eigenvalue weighted by molar-refractivity contribution is -0.140. The number of amides is 2. The Labute approximate surface area is 102 Å². The predicted octanol–water partition coefficient (Wildman–Crippen LogP) is 1.61. The molecule has 2 amide bonds. The molecule has 8 heteroatoms. The quantitative estimate of drug-likeness (QED) is 0.719. The van der Waals surface area contributed by atoms with Crippen LogP contribution in [0.25, 0.3) is 0 Å². The van der Waals surface area contributed by atoms with Gasteiger partial charge in [-0.2, -0.15) is 13.2 Å². The first-order valence-electron chi connectivity index (χ1n) is 5.10. The molecule has 5 nitrogen and oxygen atoms in total. The molecule has 0 aliphatic rings. The van der Waals surface area contributed by atoms with E-state index < -0.39 is 37.2 Å². The van der Waals surface area contributed by atoms with E-state index in [-0.39, 0.29) is 6.54 Å². The van der Waals surface area contributed by atoms with E-state index in [0.29, 0.717) is 0 Å². The van der Waals surface area contributed by atoms with Crippen LogP contribution in [0, 0.1) is 0 Å². The van der Waals surface area contributed by atoms with Crippen LogP contribution < -0.4 is 5.32 Å². The molecule has 1 atom stereocenters. The number of carbonyl (C=O) groups is 2. The van der Waals surface area contributed by atoms with E-state index in [4.69, 9.17) is 5.11 Å². The van der Waals surface area contributed by atoms with Gasteiger partial charge in [0, 0.05) is 12.6 Å². The lowest BCUT2D eigenvalue weighted by Gasteiger charge is -2.23. The standard InChI is InChI=1S/C10H15F3N2O3/c1-3-4-15(6-8(16)17)9(18)14-7(2)5-10(11,12)13/h3,7H,1,4-6H2,2H3,(H,14,18)(H,16,17). The van der Waals surface area contributed by atoms with Crippen LogP contribution in [0.5, 0.6) is 0 Å². The molecule has 0 rings (SSSR count). The summed E-state index contributed by atoms with van der Waals surface area (Å²) in [5, 5.41) is 10.6. The summed E-state index contributed by atoms with van der Waals surface area (Å²) in [6.45, 7) is 3.87. The van der Waals surface area contributed by atoms with Gasteiger partial charge in [-0.15, -0.1) is 6.58 Å². The number of nitrogens with zero attached hydrogens (tertiary/aromatic N) is 1. The third kappa shape index (κ3) is 7.53. The molecule has 0 aliphatic heterocycles. The second-order valence-corrected chi connectivity index (χ2v) is 3.73. The first-order valence-corrected chi connectivity index (χ1v) is 5.10. The molecule has 0 aromatic heterocycles. The molecule has 0 saturated heterocycles. The average Bonchev–Trinajstić information content (AvgIpc) is 2.12. The molecule has 0 spiro atoms. The Kier molecular flexibility index (Phi) is 6.21. The zero-order valence-corrected chi connectivity index (χ0v) is 9.83. The minimum atomic E-state index is -4.39. The van der Waals surface area contributed by atoms with Crippen molar-refractivity contribution in [2.75, 3.05) is 13.1 Å². The van der Waals surface area contributed by atoms with Gasteiger partial charge in [-0.05, 0) is 6.92 Å². The van der Waals surface area contributed by atoms with Gasteiger partial charge in [-0.25, -0.2) is 4.79 Å². The van der Waals surface area contributed by atoms with Crippen molar-refractivity contribution in [1.29, 1.82) is 0 Å². The largest absolute Gasteiger partial charge is 0.480 e. The van der Waals surface area contributed by atoms with Crippen LogP contribution in [-0.2, 0) is 4.79 Å². The zero-order valence-electron chi connectivity index (χ0n) is 9.83. The van der Waals surface area contributed by atoms with Gasteiger partial charge in [0.1, 0.15) is 6.54 Å². The number of nitrogens with one attached hydrogen (secondary N) is 1. The van der Waals surface area contributed by atoms with E-state index in [9.17, 15) is 22.8 Å². The third-order valence-corrected chi connectivity index (χ3v) is 1.87. The number of carbonyl (C=O) groups excluding carboxylic acids is 1. The van der Waals surface area contributed by atoms with Crippen molar-refractivity contribution < 1.29 is 27.9 Å². The maximum absolute atomic E-state index is 12.0. The van der Waals surface area contributed by atoms with Crippen molar-refractivity contribution in [2.24, 2.45) is 0 Å². The van der Waals surface area contributed by atoms with E-state index in [1.165, 1.54) is 13.0 Å². The molecule has 0 aromatic rings. The van der Waals surface area contributed by atoms with Gasteiger partial charge in [-0.3, -0.25) is 4.79 Å². The number of hydrogen-bond acceptors (Lipinski definition) is 2. The van der Waals surface area contributed by atoms with Crippen molar-refractivity contribution in [1.82, 2.24) is 10.2 Å². The normalized spacial score (nSPS) is 12.7. The highest BCUT2D eigenvalue weighted by Gasteiger charge is 2.31. The summed E-state index contributed by atoms with van der Waals surface area (Å²) in [6.07, 6.45) is -4.27. The van der Waals surface area contributed by atoms with E-state index in [1.807, 2.05) is 0 Å². The van der Waals surface area contributed by atoms with Crippen LogP contribution >= 0.6 is 0 Å². The van der Waals surface area contributed by atoms with Crippen LogP contribution in [0.15, 0.2) is 12.7 Å². The first-order chi connectivity index (χ1) is 8.15. The highest BCUT2D eigenvalue weighted by molar-refractivity contribution is 5.80. The smallest absolute Gasteiger partial charge is 0.391 e. The summed E-state index contributed by atoms with van der Waals surface area (Å²) < 4.78 is 36.1. The molecular weight excluding hydrogens is 253 g/mol. The summed E-state index contributed by atoms with van der Waals surface area (Å²) in [4.78, 5) is 22.8. The molecule has 0 fully saturated rings. The first kappa shape index (κ1) is 16.3. The summed E-state index contributed by atoms with van der Waals surface area (Å²) >= 11 is 0. The number of carboxylic acids is 1. The van der Waals surface area contributed by atoms with Gasteiger partial charge in [0.2, 0.25) is 0 Å². The highest BCUT2D eigenvalue weighted by atomic mass is 19.4. The summed E-state index contributed by atoms with van der Waals surface area (Å²) in [6, 6.07) is -1.99. The number of alkyl halides is 3. The van der Waals surface area contributed by atoms with E-state index in [2.05, 4.69) is 11.9 Å². The molecule has 18 heavy (non-hydrogen) atoms. The van der Waals surface area contributed by atoms with Crippen LogP contribution in [0.2, 0.25) is 0 Å². The Balaban J connectivity index is 4.41. The average molecular weight is 268 g/mol. The number of rotatable bonds is 6. The van der Waals surface area contributed by atoms with Crippen molar-refractivity contribution in [3.63, 3.8) is 0 Å². The molecule has 0 aliphatic carbocycles. The SMILES string of the molecule is C=CCN(CC(=O)O)C(=O)NC(C)CC(F)(F)F. The fourth-order valence-corrected chi connectivity index (χ4v) is 1.24.